The van der Waals surface area contributed by atoms with Crippen LogP contribution in [0.3, 0.4) is 0 Å². The van der Waals surface area contributed by atoms with Crippen LogP contribution >= 0.6 is 0 Å². The summed E-state index contributed by atoms with van der Waals surface area (Å²) in [6.07, 6.45) is 5.75. The Bertz CT molecular complexity index is 175. The van der Waals surface area contributed by atoms with E-state index in [-0.39, 0.29) is 11.1 Å². The lowest BCUT2D eigenvalue weighted by atomic mass is 9.75. The molecule has 0 unspecified atom stereocenters. The first-order chi connectivity index (χ1) is 5.85. The zero-order valence-electron chi connectivity index (χ0n) is 9.48. The molecule has 1 N–H and O–H groups in total. The Kier molecular flexibility index (Phi) is 2.86. The second-order valence-electron chi connectivity index (χ2n) is 5.69. The van der Waals surface area contributed by atoms with Crippen LogP contribution in [0, 0.1) is 5.92 Å². The van der Waals surface area contributed by atoms with Crippen LogP contribution in [0.5, 0.6) is 0 Å². The molecule has 1 heterocycles. The molecular formula is C12H23N. The highest BCUT2D eigenvalue weighted by atomic mass is 15.0. The van der Waals surface area contributed by atoms with Crippen molar-refractivity contribution in [2.75, 3.05) is 0 Å². The summed E-state index contributed by atoms with van der Waals surface area (Å²) in [7, 11) is 0. The molecule has 0 amide bonds. The summed E-state index contributed by atoms with van der Waals surface area (Å²) >= 11 is 0. The van der Waals surface area contributed by atoms with Crippen LogP contribution in [0.2, 0.25) is 0 Å². The lowest BCUT2D eigenvalue weighted by Gasteiger charge is -2.46. The normalized spacial score (nSPS) is 27.1. The molecule has 0 aromatic carbocycles. The van der Waals surface area contributed by atoms with Gasteiger partial charge in [0, 0.05) is 11.1 Å². The summed E-state index contributed by atoms with van der Waals surface area (Å²) in [6, 6.07) is 0. The van der Waals surface area contributed by atoms with E-state index in [1.165, 1.54) is 12.8 Å². The fourth-order valence-corrected chi connectivity index (χ4v) is 2.94. The molecule has 1 aliphatic rings. The quantitative estimate of drug-likeness (QED) is 0.645. The Hall–Kier alpha value is -0.300. The zero-order valence-corrected chi connectivity index (χ0v) is 9.48. The van der Waals surface area contributed by atoms with E-state index in [4.69, 9.17) is 0 Å². The molecule has 1 fully saturated rings. The smallest absolute Gasteiger partial charge is 0.0132 e. The standard InChI is InChI=1S/C12H23N/c1-6-7-10-8-11(2,3)13-12(4,5)9-10/h6,10,13H,1,7-9H2,2-5H3. The fourth-order valence-electron chi connectivity index (χ4n) is 2.94. The van der Waals surface area contributed by atoms with Gasteiger partial charge in [0.15, 0.2) is 0 Å². The van der Waals surface area contributed by atoms with Gasteiger partial charge >= 0.3 is 0 Å². The van der Waals surface area contributed by atoms with Crippen molar-refractivity contribution in [3.05, 3.63) is 12.7 Å². The van der Waals surface area contributed by atoms with Crippen molar-refractivity contribution in [3.63, 3.8) is 0 Å². The third-order valence-electron chi connectivity index (χ3n) is 2.77. The van der Waals surface area contributed by atoms with Gasteiger partial charge in [0.25, 0.3) is 0 Å². The van der Waals surface area contributed by atoms with Crippen molar-refractivity contribution in [1.29, 1.82) is 0 Å². The van der Waals surface area contributed by atoms with Gasteiger partial charge in [-0.25, -0.2) is 0 Å². The molecule has 1 heteroatoms. The first kappa shape index (κ1) is 10.8. The molecule has 0 radical (unpaired) electrons. The van der Waals surface area contributed by atoms with Crippen molar-refractivity contribution < 1.29 is 0 Å². The Morgan fingerprint density at radius 3 is 2.08 bits per heavy atom. The lowest BCUT2D eigenvalue weighted by molar-refractivity contribution is 0.130. The van der Waals surface area contributed by atoms with E-state index in [2.05, 4.69) is 45.7 Å². The minimum atomic E-state index is 0.287. The number of hydrogen-bond acceptors (Lipinski definition) is 1. The molecule has 76 valence electrons. The third kappa shape index (κ3) is 3.15. The van der Waals surface area contributed by atoms with Crippen LogP contribution in [0.25, 0.3) is 0 Å². The predicted octanol–water partition coefficient (Wildman–Crippen LogP) is 3.12. The van der Waals surface area contributed by atoms with Gasteiger partial charge in [0.1, 0.15) is 0 Å². The van der Waals surface area contributed by atoms with Gasteiger partial charge in [-0.05, 0) is 52.9 Å². The Balaban J connectivity index is 2.66. The molecule has 0 bridgehead atoms. The molecule has 0 aliphatic carbocycles. The molecule has 0 aromatic heterocycles. The van der Waals surface area contributed by atoms with Crippen molar-refractivity contribution in [2.24, 2.45) is 5.92 Å². The average Bonchev–Trinajstić information content (AvgIpc) is 1.78. The lowest BCUT2D eigenvalue weighted by Crippen LogP contribution is -2.57. The summed E-state index contributed by atoms with van der Waals surface area (Å²) in [5.74, 6) is 0.809. The maximum absolute atomic E-state index is 3.83. The van der Waals surface area contributed by atoms with Crippen LogP contribution in [0.15, 0.2) is 12.7 Å². The maximum Gasteiger partial charge on any atom is 0.0132 e. The minimum absolute atomic E-state index is 0.287. The van der Waals surface area contributed by atoms with Gasteiger partial charge < -0.3 is 5.32 Å². The van der Waals surface area contributed by atoms with E-state index in [0.29, 0.717) is 0 Å². The van der Waals surface area contributed by atoms with E-state index >= 15 is 0 Å². The van der Waals surface area contributed by atoms with Crippen LogP contribution in [-0.2, 0) is 0 Å². The summed E-state index contributed by atoms with van der Waals surface area (Å²) < 4.78 is 0. The number of nitrogens with one attached hydrogen (secondary N) is 1. The highest BCUT2D eigenvalue weighted by Crippen LogP contribution is 2.34. The summed E-state index contributed by atoms with van der Waals surface area (Å²) in [6.45, 7) is 13.0. The molecule has 13 heavy (non-hydrogen) atoms. The third-order valence-corrected chi connectivity index (χ3v) is 2.77. The summed E-state index contributed by atoms with van der Waals surface area (Å²) in [4.78, 5) is 0. The SMILES string of the molecule is C=CCC1CC(C)(C)NC(C)(C)C1. The molecule has 0 saturated carbocycles. The Labute approximate surface area is 82.6 Å². The molecule has 0 atom stereocenters. The Morgan fingerprint density at radius 1 is 1.23 bits per heavy atom. The minimum Gasteiger partial charge on any atom is -0.307 e. The van der Waals surface area contributed by atoms with Crippen molar-refractivity contribution >= 4 is 0 Å². The molecule has 0 aromatic rings. The molecular weight excluding hydrogens is 158 g/mol. The van der Waals surface area contributed by atoms with E-state index in [1.54, 1.807) is 0 Å². The van der Waals surface area contributed by atoms with Gasteiger partial charge in [-0.15, -0.1) is 6.58 Å². The topological polar surface area (TPSA) is 12.0 Å². The van der Waals surface area contributed by atoms with Crippen LogP contribution in [-0.4, -0.2) is 11.1 Å². The zero-order chi connectivity index (χ0) is 10.1. The van der Waals surface area contributed by atoms with Crippen molar-refractivity contribution in [3.8, 4) is 0 Å². The van der Waals surface area contributed by atoms with Crippen LogP contribution in [0.4, 0.5) is 0 Å². The van der Waals surface area contributed by atoms with Gasteiger partial charge in [0.05, 0.1) is 0 Å². The highest BCUT2D eigenvalue weighted by molar-refractivity contribution is 4.98. The number of piperidine rings is 1. The average molecular weight is 181 g/mol. The van der Waals surface area contributed by atoms with E-state index in [9.17, 15) is 0 Å². The van der Waals surface area contributed by atoms with Gasteiger partial charge in [-0.3, -0.25) is 0 Å². The van der Waals surface area contributed by atoms with Gasteiger partial charge in [0.2, 0.25) is 0 Å². The van der Waals surface area contributed by atoms with Crippen LogP contribution < -0.4 is 5.32 Å². The first-order valence-corrected chi connectivity index (χ1v) is 5.25. The molecule has 1 aliphatic heterocycles. The number of allylic oxidation sites excluding steroid dienone is 1. The maximum atomic E-state index is 3.83. The highest BCUT2D eigenvalue weighted by Gasteiger charge is 2.36. The predicted molar refractivity (Wildman–Crippen MR) is 58.8 cm³/mol. The molecule has 0 spiro atoms. The van der Waals surface area contributed by atoms with E-state index in [1.807, 2.05) is 0 Å². The molecule has 1 rings (SSSR count). The molecule has 1 nitrogen and oxygen atoms in total. The summed E-state index contributed by atoms with van der Waals surface area (Å²) in [5.41, 5.74) is 0.574. The largest absolute Gasteiger partial charge is 0.307 e. The van der Waals surface area contributed by atoms with E-state index in [0.717, 1.165) is 12.3 Å². The second kappa shape index (κ2) is 3.45. The van der Waals surface area contributed by atoms with E-state index < -0.39 is 0 Å². The number of rotatable bonds is 2. The fraction of sp³-hybridized carbons (Fsp3) is 0.833. The van der Waals surface area contributed by atoms with Gasteiger partial charge in [-0.1, -0.05) is 6.08 Å². The first-order valence-electron chi connectivity index (χ1n) is 5.25. The molecule has 1 saturated heterocycles. The Morgan fingerprint density at radius 2 is 1.69 bits per heavy atom. The van der Waals surface area contributed by atoms with Crippen LogP contribution in [0.1, 0.15) is 47.0 Å². The van der Waals surface area contributed by atoms with Crippen molar-refractivity contribution in [2.45, 2.75) is 58.0 Å². The van der Waals surface area contributed by atoms with Gasteiger partial charge in [-0.2, -0.15) is 0 Å². The number of hydrogen-bond donors (Lipinski definition) is 1. The van der Waals surface area contributed by atoms with Crippen molar-refractivity contribution in [1.82, 2.24) is 5.32 Å². The monoisotopic (exact) mass is 181 g/mol. The second-order valence-corrected chi connectivity index (χ2v) is 5.69. The summed E-state index contributed by atoms with van der Waals surface area (Å²) in [5, 5.41) is 3.69.